The van der Waals surface area contributed by atoms with E-state index in [1.165, 1.54) is 5.56 Å². The Morgan fingerprint density at radius 3 is 2.56 bits per heavy atom. The minimum Gasteiger partial charge on any atom is -0.507 e. The molecule has 4 nitrogen and oxygen atoms in total. The van der Waals surface area contributed by atoms with Gasteiger partial charge in [-0.15, -0.1) is 0 Å². The molecule has 0 amide bonds. The number of hydrogen-bond donors (Lipinski definition) is 2. The van der Waals surface area contributed by atoms with Crippen molar-refractivity contribution in [2.75, 3.05) is 26.7 Å². The Hall–Kier alpha value is -1.71. The van der Waals surface area contributed by atoms with E-state index in [2.05, 4.69) is 15.2 Å². The van der Waals surface area contributed by atoms with Gasteiger partial charge in [0.1, 0.15) is 5.75 Å². The van der Waals surface area contributed by atoms with Crippen molar-refractivity contribution in [3.63, 3.8) is 0 Å². The fraction of sp³-hybridized carbons (Fsp3) is 0.500. The first-order chi connectivity index (χ1) is 8.58. The predicted octanol–water partition coefficient (Wildman–Crippen LogP) is 1.44. The quantitative estimate of drug-likeness (QED) is 0.849. The highest BCUT2D eigenvalue weighted by atomic mass is 16.3. The lowest BCUT2D eigenvalue weighted by molar-refractivity contribution is 0.466. The largest absolute Gasteiger partial charge is 0.507 e. The summed E-state index contributed by atoms with van der Waals surface area (Å²) >= 11 is 0. The molecule has 0 unspecified atom stereocenters. The van der Waals surface area contributed by atoms with Crippen LogP contribution in [0.4, 0.5) is 0 Å². The normalized spacial score (nSPS) is 14.8. The first kappa shape index (κ1) is 12.7. The summed E-state index contributed by atoms with van der Waals surface area (Å²) in [4.78, 5) is 6.52. The lowest BCUT2D eigenvalue weighted by Crippen LogP contribution is -2.36. The number of likely N-dealkylation sites (N-methyl/N-ethyl adjacent to an activating group) is 1. The molecule has 1 aliphatic heterocycles. The second-order valence-corrected chi connectivity index (χ2v) is 4.88. The van der Waals surface area contributed by atoms with Crippen molar-refractivity contribution in [2.24, 2.45) is 4.99 Å². The summed E-state index contributed by atoms with van der Waals surface area (Å²) in [6.45, 7) is 6.63. The maximum Gasteiger partial charge on any atom is 0.193 e. The van der Waals surface area contributed by atoms with Crippen LogP contribution in [0.2, 0.25) is 0 Å². The molecule has 0 aromatic heterocycles. The van der Waals surface area contributed by atoms with Gasteiger partial charge in [0.05, 0.1) is 6.54 Å². The highest BCUT2D eigenvalue weighted by Gasteiger charge is 2.11. The first-order valence-electron chi connectivity index (χ1n) is 6.36. The Morgan fingerprint density at radius 2 is 2.00 bits per heavy atom. The number of aryl methyl sites for hydroxylation is 2. The van der Waals surface area contributed by atoms with Gasteiger partial charge >= 0.3 is 0 Å². The number of aromatic hydroxyl groups is 1. The van der Waals surface area contributed by atoms with Crippen LogP contribution < -0.4 is 5.32 Å². The molecule has 2 N–H and O–H groups in total. The number of phenolic OH excluding ortho intramolecular Hbond substituents is 1. The van der Waals surface area contributed by atoms with Crippen LogP contribution in [0.1, 0.15) is 16.7 Å². The Morgan fingerprint density at radius 1 is 1.33 bits per heavy atom. The number of aliphatic imine (C=N–C) groups is 1. The van der Waals surface area contributed by atoms with Crippen molar-refractivity contribution in [1.82, 2.24) is 10.2 Å². The van der Waals surface area contributed by atoms with Crippen LogP contribution in [0.25, 0.3) is 0 Å². The zero-order chi connectivity index (χ0) is 13.1. The van der Waals surface area contributed by atoms with E-state index in [1.807, 2.05) is 33.0 Å². The number of nitrogens with zero attached hydrogens (tertiary/aromatic N) is 2. The van der Waals surface area contributed by atoms with Gasteiger partial charge < -0.3 is 15.3 Å². The van der Waals surface area contributed by atoms with E-state index < -0.39 is 0 Å². The summed E-state index contributed by atoms with van der Waals surface area (Å²) in [5, 5.41) is 13.1. The SMILES string of the molecule is Cc1cc(CCNC2=NCCN2C)cc(C)c1O. The highest BCUT2D eigenvalue weighted by molar-refractivity contribution is 5.81. The molecule has 0 saturated carbocycles. The zero-order valence-electron chi connectivity index (χ0n) is 11.3. The summed E-state index contributed by atoms with van der Waals surface area (Å²) in [5.74, 6) is 1.40. The van der Waals surface area contributed by atoms with Crippen LogP contribution in [0.3, 0.4) is 0 Å². The van der Waals surface area contributed by atoms with Crippen molar-refractivity contribution >= 4 is 5.96 Å². The molecule has 0 bridgehead atoms. The highest BCUT2D eigenvalue weighted by Crippen LogP contribution is 2.22. The minimum absolute atomic E-state index is 0.409. The van der Waals surface area contributed by atoms with Crippen LogP contribution in [-0.2, 0) is 6.42 Å². The first-order valence-corrected chi connectivity index (χ1v) is 6.36. The topological polar surface area (TPSA) is 47.9 Å². The number of rotatable bonds is 3. The Bertz CT molecular complexity index is 445. The fourth-order valence-electron chi connectivity index (χ4n) is 2.23. The van der Waals surface area contributed by atoms with Crippen LogP contribution in [0.15, 0.2) is 17.1 Å². The third-order valence-electron chi connectivity index (χ3n) is 3.31. The van der Waals surface area contributed by atoms with Crippen molar-refractivity contribution in [3.05, 3.63) is 28.8 Å². The minimum atomic E-state index is 0.409. The molecule has 0 fully saturated rings. The number of phenols is 1. The Labute approximate surface area is 108 Å². The van der Waals surface area contributed by atoms with Gasteiger partial charge in [-0.1, -0.05) is 12.1 Å². The van der Waals surface area contributed by atoms with E-state index in [0.29, 0.717) is 5.75 Å². The van der Waals surface area contributed by atoms with E-state index >= 15 is 0 Å². The van der Waals surface area contributed by atoms with Crippen molar-refractivity contribution in [2.45, 2.75) is 20.3 Å². The monoisotopic (exact) mass is 247 g/mol. The van der Waals surface area contributed by atoms with E-state index in [-0.39, 0.29) is 0 Å². The van der Waals surface area contributed by atoms with E-state index in [4.69, 9.17) is 0 Å². The summed E-state index contributed by atoms with van der Waals surface area (Å²) in [6, 6.07) is 4.09. The van der Waals surface area contributed by atoms with Gasteiger partial charge in [0.2, 0.25) is 0 Å². The third kappa shape index (κ3) is 2.75. The van der Waals surface area contributed by atoms with E-state index in [0.717, 1.165) is 43.1 Å². The van der Waals surface area contributed by atoms with Crippen molar-refractivity contribution in [1.29, 1.82) is 0 Å². The molecule has 1 aromatic carbocycles. The molecule has 2 rings (SSSR count). The smallest absolute Gasteiger partial charge is 0.193 e. The number of guanidine groups is 1. The number of hydrogen-bond acceptors (Lipinski definition) is 4. The van der Waals surface area contributed by atoms with E-state index in [9.17, 15) is 5.11 Å². The van der Waals surface area contributed by atoms with Crippen LogP contribution >= 0.6 is 0 Å². The average molecular weight is 247 g/mol. The summed E-state index contributed by atoms with van der Waals surface area (Å²) in [6.07, 6.45) is 0.939. The molecular formula is C14H21N3O. The number of benzene rings is 1. The molecule has 18 heavy (non-hydrogen) atoms. The van der Waals surface area contributed by atoms with Gasteiger partial charge in [0.15, 0.2) is 5.96 Å². The lowest BCUT2D eigenvalue weighted by Gasteiger charge is -2.15. The third-order valence-corrected chi connectivity index (χ3v) is 3.31. The van der Waals surface area contributed by atoms with Crippen LogP contribution in [0, 0.1) is 13.8 Å². The second-order valence-electron chi connectivity index (χ2n) is 4.88. The maximum absolute atomic E-state index is 9.72. The second kappa shape index (κ2) is 5.29. The molecule has 0 radical (unpaired) electrons. The molecular weight excluding hydrogens is 226 g/mol. The van der Waals surface area contributed by atoms with Crippen LogP contribution in [0.5, 0.6) is 5.75 Å². The summed E-state index contributed by atoms with van der Waals surface area (Å²) in [5.41, 5.74) is 3.14. The standard InChI is InChI=1S/C14H21N3O/c1-10-8-12(9-11(2)13(10)18)4-5-15-14-16-6-7-17(14)3/h8-9,18H,4-7H2,1-3H3,(H,15,16). The molecule has 1 aliphatic rings. The fourth-order valence-corrected chi connectivity index (χ4v) is 2.23. The molecule has 0 spiro atoms. The molecule has 0 aliphatic carbocycles. The molecule has 0 saturated heterocycles. The zero-order valence-corrected chi connectivity index (χ0v) is 11.3. The van der Waals surface area contributed by atoms with Gasteiger partial charge in [-0.2, -0.15) is 0 Å². The summed E-state index contributed by atoms with van der Waals surface area (Å²) in [7, 11) is 2.05. The molecule has 4 heteroatoms. The molecule has 98 valence electrons. The molecule has 1 heterocycles. The molecule has 1 aromatic rings. The van der Waals surface area contributed by atoms with Gasteiger partial charge in [0, 0.05) is 20.1 Å². The number of nitrogens with one attached hydrogen (secondary N) is 1. The van der Waals surface area contributed by atoms with Gasteiger partial charge in [-0.3, -0.25) is 4.99 Å². The van der Waals surface area contributed by atoms with E-state index in [1.54, 1.807) is 0 Å². The van der Waals surface area contributed by atoms with Crippen LogP contribution in [-0.4, -0.2) is 42.6 Å². The van der Waals surface area contributed by atoms with Crippen molar-refractivity contribution < 1.29 is 5.11 Å². The van der Waals surface area contributed by atoms with Gasteiger partial charge in [-0.05, 0) is 37.0 Å². The Kier molecular flexibility index (Phi) is 3.75. The maximum atomic E-state index is 9.72. The summed E-state index contributed by atoms with van der Waals surface area (Å²) < 4.78 is 0. The van der Waals surface area contributed by atoms with Crippen molar-refractivity contribution in [3.8, 4) is 5.75 Å². The Balaban J connectivity index is 1.91. The van der Waals surface area contributed by atoms with Gasteiger partial charge in [0.25, 0.3) is 0 Å². The average Bonchev–Trinajstić information content (AvgIpc) is 2.72. The predicted molar refractivity (Wildman–Crippen MR) is 74.2 cm³/mol. The molecule has 0 atom stereocenters. The van der Waals surface area contributed by atoms with Gasteiger partial charge in [-0.25, -0.2) is 0 Å². The lowest BCUT2D eigenvalue weighted by atomic mass is 10.0.